The van der Waals surface area contributed by atoms with E-state index in [2.05, 4.69) is 0 Å². The number of rotatable bonds is 4. The quantitative estimate of drug-likeness (QED) is 0.788. The van der Waals surface area contributed by atoms with Crippen LogP contribution in [0.2, 0.25) is 0 Å². The van der Waals surface area contributed by atoms with Gasteiger partial charge in [0.1, 0.15) is 12.2 Å². The maximum atomic E-state index is 11.8. The van der Waals surface area contributed by atoms with Gasteiger partial charge in [0.2, 0.25) is 0 Å². The van der Waals surface area contributed by atoms with Crippen molar-refractivity contribution in [2.24, 2.45) is 0 Å². The number of hydrogen-bond donors (Lipinski definition) is 0. The van der Waals surface area contributed by atoms with Gasteiger partial charge >= 0.3 is 5.97 Å². The van der Waals surface area contributed by atoms with Crippen molar-refractivity contribution in [3.8, 4) is 0 Å². The van der Waals surface area contributed by atoms with E-state index in [4.69, 9.17) is 23.7 Å². The maximum Gasteiger partial charge on any atom is 0.337 e. The Morgan fingerprint density at radius 2 is 1.86 bits per heavy atom. The van der Waals surface area contributed by atoms with Gasteiger partial charge in [0.05, 0.1) is 13.7 Å². The van der Waals surface area contributed by atoms with E-state index in [1.165, 1.54) is 7.11 Å². The Morgan fingerprint density at radius 3 is 2.55 bits per heavy atom. The molecule has 2 saturated heterocycles. The van der Waals surface area contributed by atoms with Crippen molar-refractivity contribution in [1.82, 2.24) is 0 Å². The zero-order valence-electron chi connectivity index (χ0n) is 12.9. The van der Waals surface area contributed by atoms with E-state index in [9.17, 15) is 4.79 Å². The summed E-state index contributed by atoms with van der Waals surface area (Å²) in [5.74, 6) is -1.26. The Morgan fingerprint density at radius 1 is 1.18 bits per heavy atom. The Labute approximate surface area is 129 Å². The third-order valence-electron chi connectivity index (χ3n) is 3.70. The molecule has 0 N–H and O–H groups in total. The lowest BCUT2D eigenvalue weighted by atomic mass is 10.1. The number of carbonyl (C=O) groups is 1. The van der Waals surface area contributed by atoms with Crippen LogP contribution in [-0.2, 0) is 35.1 Å². The van der Waals surface area contributed by atoms with Crippen molar-refractivity contribution in [3.63, 3.8) is 0 Å². The molecule has 2 aliphatic heterocycles. The first-order valence-corrected chi connectivity index (χ1v) is 7.24. The van der Waals surface area contributed by atoms with E-state index in [-0.39, 0.29) is 0 Å². The molecule has 4 atom stereocenters. The summed E-state index contributed by atoms with van der Waals surface area (Å²) in [6.07, 6.45) is -2.49. The number of methoxy groups -OCH3 is 1. The second kappa shape index (κ2) is 5.96. The van der Waals surface area contributed by atoms with Gasteiger partial charge in [0, 0.05) is 0 Å². The van der Waals surface area contributed by atoms with Crippen LogP contribution in [0, 0.1) is 0 Å². The highest BCUT2D eigenvalue weighted by Crippen LogP contribution is 2.39. The summed E-state index contributed by atoms with van der Waals surface area (Å²) in [4.78, 5) is 11.8. The van der Waals surface area contributed by atoms with Gasteiger partial charge in [-0.1, -0.05) is 30.3 Å². The molecule has 1 aromatic carbocycles. The zero-order chi connectivity index (χ0) is 15.7. The first kappa shape index (κ1) is 15.4. The lowest BCUT2D eigenvalue weighted by Crippen LogP contribution is -2.36. The van der Waals surface area contributed by atoms with Crippen molar-refractivity contribution in [2.75, 3.05) is 7.11 Å². The van der Waals surface area contributed by atoms with E-state index >= 15 is 0 Å². The minimum Gasteiger partial charge on any atom is -0.467 e. The summed E-state index contributed by atoms with van der Waals surface area (Å²) in [5, 5.41) is 0. The number of benzene rings is 1. The minimum absolute atomic E-state index is 0.367. The van der Waals surface area contributed by atoms with E-state index in [0.717, 1.165) is 5.56 Å². The summed E-state index contributed by atoms with van der Waals surface area (Å²) in [5.41, 5.74) is 1.02. The fraction of sp³-hybridized carbons (Fsp3) is 0.562. The van der Waals surface area contributed by atoms with Crippen LogP contribution in [0.15, 0.2) is 30.3 Å². The third kappa shape index (κ3) is 3.01. The van der Waals surface area contributed by atoms with Gasteiger partial charge in [-0.15, -0.1) is 0 Å². The molecule has 0 aromatic heterocycles. The molecule has 0 aliphatic carbocycles. The summed E-state index contributed by atoms with van der Waals surface area (Å²) in [6, 6.07) is 9.73. The number of carbonyl (C=O) groups excluding carboxylic acids is 1. The molecule has 0 amide bonds. The maximum absolute atomic E-state index is 11.8. The molecule has 2 fully saturated rings. The van der Waals surface area contributed by atoms with E-state index < -0.39 is 36.4 Å². The second-order valence-electron chi connectivity index (χ2n) is 5.81. The Bertz CT molecular complexity index is 529. The monoisotopic (exact) mass is 308 g/mol. The molecule has 0 radical (unpaired) electrons. The average Bonchev–Trinajstić information content (AvgIpc) is 2.99. The molecule has 6 heteroatoms. The van der Waals surface area contributed by atoms with Gasteiger partial charge in [-0.3, -0.25) is 0 Å². The molecule has 2 aliphatic rings. The molecule has 0 saturated carbocycles. The van der Waals surface area contributed by atoms with E-state index in [1.54, 1.807) is 13.8 Å². The molecule has 6 nitrogen and oxygen atoms in total. The lowest BCUT2D eigenvalue weighted by Gasteiger charge is -2.23. The number of ether oxygens (including phenoxy) is 5. The van der Waals surface area contributed by atoms with Crippen LogP contribution in [0.5, 0.6) is 0 Å². The molecule has 22 heavy (non-hydrogen) atoms. The van der Waals surface area contributed by atoms with Crippen LogP contribution >= 0.6 is 0 Å². The summed E-state index contributed by atoms with van der Waals surface area (Å²) >= 11 is 0. The van der Waals surface area contributed by atoms with Gasteiger partial charge in [0.15, 0.2) is 18.2 Å². The van der Waals surface area contributed by atoms with Crippen molar-refractivity contribution in [3.05, 3.63) is 35.9 Å². The molecule has 2 heterocycles. The van der Waals surface area contributed by atoms with Gasteiger partial charge in [-0.25, -0.2) is 4.79 Å². The highest BCUT2D eigenvalue weighted by atomic mass is 16.8. The summed E-state index contributed by atoms with van der Waals surface area (Å²) in [6.45, 7) is 3.97. The van der Waals surface area contributed by atoms with Crippen LogP contribution in [0.1, 0.15) is 19.4 Å². The standard InChI is InChI=1S/C16H20O6/c1-16(2)21-11-12(14(17)18-3)20-15(13(11)22-16)19-9-10-7-5-4-6-8-10/h4-8,11-13,15H,9H2,1-3H3/t11-,12-,13-,15-/m1/s1. The first-order chi connectivity index (χ1) is 10.5. The molecule has 3 rings (SSSR count). The molecular weight excluding hydrogens is 288 g/mol. The fourth-order valence-electron chi connectivity index (χ4n) is 2.75. The predicted octanol–water partition coefficient (Wildman–Crippen LogP) is 1.62. The van der Waals surface area contributed by atoms with Crippen molar-refractivity contribution < 1.29 is 28.5 Å². The van der Waals surface area contributed by atoms with Gasteiger partial charge < -0.3 is 23.7 Å². The van der Waals surface area contributed by atoms with Crippen LogP contribution < -0.4 is 0 Å². The zero-order valence-corrected chi connectivity index (χ0v) is 12.9. The predicted molar refractivity (Wildman–Crippen MR) is 75.7 cm³/mol. The van der Waals surface area contributed by atoms with E-state index in [1.807, 2.05) is 30.3 Å². The van der Waals surface area contributed by atoms with Crippen molar-refractivity contribution in [1.29, 1.82) is 0 Å². The van der Waals surface area contributed by atoms with Crippen LogP contribution in [-0.4, -0.2) is 43.5 Å². The molecule has 120 valence electrons. The smallest absolute Gasteiger partial charge is 0.337 e. The van der Waals surface area contributed by atoms with Gasteiger partial charge in [-0.2, -0.15) is 0 Å². The highest BCUT2D eigenvalue weighted by Gasteiger charge is 2.58. The summed E-state index contributed by atoms with van der Waals surface area (Å²) < 4.78 is 27.8. The number of hydrogen-bond acceptors (Lipinski definition) is 6. The van der Waals surface area contributed by atoms with Crippen molar-refractivity contribution >= 4 is 5.97 Å². The summed E-state index contributed by atoms with van der Waals surface area (Å²) in [7, 11) is 1.32. The molecule has 0 unspecified atom stereocenters. The highest BCUT2D eigenvalue weighted by molar-refractivity contribution is 5.76. The topological polar surface area (TPSA) is 63.2 Å². The van der Waals surface area contributed by atoms with E-state index in [0.29, 0.717) is 6.61 Å². The second-order valence-corrected chi connectivity index (χ2v) is 5.81. The SMILES string of the molecule is COC(=O)[C@@H]1O[C@@H](OCc2ccccc2)[C@@H]2OC(C)(C)O[C@@H]21. The number of fused-ring (bicyclic) bond motifs is 1. The van der Waals surface area contributed by atoms with Crippen LogP contribution in [0.4, 0.5) is 0 Å². The normalized spacial score (nSPS) is 32.7. The Hall–Kier alpha value is -1.47. The van der Waals surface area contributed by atoms with Crippen LogP contribution in [0.3, 0.4) is 0 Å². The first-order valence-electron chi connectivity index (χ1n) is 7.24. The van der Waals surface area contributed by atoms with Gasteiger partial charge in [-0.05, 0) is 19.4 Å². The van der Waals surface area contributed by atoms with Crippen LogP contribution in [0.25, 0.3) is 0 Å². The third-order valence-corrected chi connectivity index (χ3v) is 3.70. The number of esters is 1. The van der Waals surface area contributed by atoms with Crippen molar-refractivity contribution in [2.45, 2.75) is 50.8 Å². The Balaban J connectivity index is 1.70. The lowest BCUT2D eigenvalue weighted by molar-refractivity contribution is -0.238. The molecule has 0 bridgehead atoms. The molecular formula is C16H20O6. The fourth-order valence-corrected chi connectivity index (χ4v) is 2.75. The van der Waals surface area contributed by atoms with Gasteiger partial charge in [0.25, 0.3) is 0 Å². The minimum atomic E-state index is -0.836. The average molecular weight is 308 g/mol. The molecule has 1 aromatic rings. The Kier molecular flexibility index (Phi) is 4.18. The largest absolute Gasteiger partial charge is 0.467 e. The molecule has 0 spiro atoms.